The van der Waals surface area contributed by atoms with Crippen LogP contribution in [0.15, 0.2) is 29.4 Å². The molecule has 44 valence electrons. The highest BCUT2D eigenvalue weighted by molar-refractivity contribution is 5.72. The summed E-state index contributed by atoms with van der Waals surface area (Å²) >= 11 is 0. The third-order valence-electron chi connectivity index (χ3n) is 0.599. The molecule has 0 unspecified atom stereocenters. The van der Waals surface area contributed by atoms with Gasteiger partial charge in [-0.15, -0.1) is 0 Å². The standard InChI is InChI=1S/C7H11N/c1-4-8-6-5-7(2)3/h4-6H,1H2,2-3H3. The Labute approximate surface area is 50.4 Å². The summed E-state index contributed by atoms with van der Waals surface area (Å²) in [7, 11) is 0. The zero-order valence-electron chi connectivity index (χ0n) is 5.39. The van der Waals surface area contributed by atoms with Crippen molar-refractivity contribution in [3.63, 3.8) is 0 Å². The van der Waals surface area contributed by atoms with E-state index in [1.54, 1.807) is 6.21 Å². The van der Waals surface area contributed by atoms with Crippen LogP contribution in [-0.4, -0.2) is 6.21 Å². The van der Waals surface area contributed by atoms with E-state index in [2.05, 4.69) is 11.6 Å². The number of aliphatic imine (C=N–C) groups is 1. The van der Waals surface area contributed by atoms with Gasteiger partial charge in [-0.25, -0.2) is 0 Å². The van der Waals surface area contributed by atoms with Crippen LogP contribution in [0.1, 0.15) is 13.8 Å². The Morgan fingerprint density at radius 2 is 2.12 bits per heavy atom. The lowest BCUT2D eigenvalue weighted by Crippen LogP contribution is -1.64. The Hall–Kier alpha value is -0.850. The number of rotatable bonds is 2. The van der Waals surface area contributed by atoms with Gasteiger partial charge in [0.15, 0.2) is 0 Å². The van der Waals surface area contributed by atoms with Gasteiger partial charge in [-0.3, -0.25) is 4.99 Å². The maximum Gasteiger partial charge on any atom is 0.0266 e. The van der Waals surface area contributed by atoms with Crippen LogP contribution in [0.2, 0.25) is 0 Å². The fourth-order valence-electron chi connectivity index (χ4n) is 0.253. The van der Waals surface area contributed by atoms with E-state index in [-0.39, 0.29) is 0 Å². The normalized spacial score (nSPS) is 9.25. The number of hydrogen-bond donors (Lipinski definition) is 0. The second-order valence-electron chi connectivity index (χ2n) is 1.72. The predicted octanol–water partition coefficient (Wildman–Crippen LogP) is 2.17. The van der Waals surface area contributed by atoms with Crippen molar-refractivity contribution in [2.24, 2.45) is 4.99 Å². The van der Waals surface area contributed by atoms with Gasteiger partial charge in [0.1, 0.15) is 0 Å². The average molecular weight is 109 g/mol. The van der Waals surface area contributed by atoms with E-state index in [1.807, 2.05) is 19.9 Å². The summed E-state index contributed by atoms with van der Waals surface area (Å²) in [6.45, 7) is 7.48. The lowest BCUT2D eigenvalue weighted by Gasteiger charge is -1.78. The second kappa shape index (κ2) is 4.31. The summed E-state index contributed by atoms with van der Waals surface area (Å²) in [5.41, 5.74) is 1.25. The molecule has 0 aromatic carbocycles. The molecular formula is C7H11N. The van der Waals surface area contributed by atoms with E-state index in [9.17, 15) is 0 Å². The smallest absolute Gasteiger partial charge is 0.0266 e. The van der Waals surface area contributed by atoms with Crippen LogP contribution in [-0.2, 0) is 0 Å². The molecule has 0 aliphatic heterocycles. The summed E-state index contributed by atoms with van der Waals surface area (Å²) in [4.78, 5) is 3.77. The van der Waals surface area contributed by atoms with E-state index in [1.165, 1.54) is 11.8 Å². The van der Waals surface area contributed by atoms with Crippen molar-refractivity contribution in [1.29, 1.82) is 0 Å². The molecule has 0 saturated carbocycles. The monoisotopic (exact) mass is 109 g/mol. The SMILES string of the molecule is C=CN=CC=C(C)C. The van der Waals surface area contributed by atoms with E-state index in [0.717, 1.165) is 0 Å². The molecule has 1 nitrogen and oxygen atoms in total. The van der Waals surface area contributed by atoms with Gasteiger partial charge in [0.25, 0.3) is 0 Å². The Kier molecular flexibility index (Phi) is 3.85. The first kappa shape index (κ1) is 7.15. The highest BCUT2D eigenvalue weighted by Gasteiger charge is 1.67. The summed E-state index contributed by atoms with van der Waals surface area (Å²) in [6.07, 6.45) is 5.17. The van der Waals surface area contributed by atoms with Crippen molar-refractivity contribution in [3.05, 3.63) is 24.4 Å². The fraction of sp³-hybridized carbons (Fsp3) is 0.286. The van der Waals surface area contributed by atoms with Crippen molar-refractivity contribution in [1.82, 2.24) is 0 Å². The molecule has 8 heavy (non-hydrogen) atoms. The van der Waals surface area contributed by atoms with Gasteiger partial charge in [0.2, 0.25) is 0 Å². The molecule has 0 bridgehead atoms. The molecule has 1 heteroatoms. The summed E-state index contributed by atoms with van der Waals surface area (Å²) in [5, 5.41) is 0. The van der Waals surface area contributed by atoms with Gasteiger partial charge in [-0.2, -0.15) is 0 Å². The van der Waals surface area contributed by atoms with Gasteiger partial charge < -0.3 is 0 Å². The van der Waals surface area contributed by atoms with Gasteiger partial charge in [-0.1, -0.05) is 12.2 Å². The summed E-state index contributed by atoms with van der Waals surface area (Å²) in [5.74, 6) is 0. The minimum atomic E-state index is 1.25. The van der Waals surface area contributed by atoms with Gasteiger partial charge in [0, 0.05) is 12.4 Å². The van der Waals surface area contributed by atoms with Crippen molar-refractivity contribution < 1.29 is 0 Å². The highest BCUT2D eigenvalue weighted by Crippen LogP contribution is 1.83. The minimum absolute atomic E-state index is 1.25. The molecule has 0 saturated heterocycles. The molecule has 0 heterocycles. The molecule has 0 N–H and O–H groups in total. The van der Waals surface area contributed by atoms with Crippen molar-refractivity contribution in [2.75, 3.05) is 0 Å². The van der Waals surface area contributed by atoms with Crippen LogP contribution in [0.5, 0.6) is 0 Å². The van der Waals surface area contributed by atoms with E-state index < -0.39 is 0 Å². The Morgan fingerprint density at radius 3 is 2.50 bits per heavy atom. The zero-order valence-corrected chi connectivity index (χ0v) is 5.39. The first-order valence-corrected chi connectivity index (χ1v) is 2.55. The Morgan fingerprint density at radius 1 is 1.50 bits per heavy atom. The molecule has 0 radical (unpaired) electrons. The first-order valence-electron chi connectivity index (χ1n) is 2.55. The molecule has 0 aliphatic carbocycles. The molecular weight excluding hydrogens is 98.1 g/mol. The Bertz CT molecular complexity index is 116. The van der Waals surface area contributed by atoms with Crippen molar-refractivity contribution in [2.45, 2.75) is 13.8 Å². The van der Waals surface area contributed by atoms with Crippen molar-refractivity contribution >= 4 is 6.21 Å². The topological polar surface area (TPSA) is 12.4 Å². The quantitative estimate of drug-likeness (QED) is 0.482. The number of nitrogens with zero attached hydrogens (tertiary/aromatic N) is 1. The third kappa shape index (κ3) is 5.15. The van der Waals surface area contributed by atoms with Crippen LogP contribution in [0.3, 0.4) is 0 Å². The lowest BCUT2D eigenvalue weighted by molar-refractivity contribution is 1.40. The van der Waals surface area contributed by atoms with Gasteiger partial charge in [0.05, 0.1) is 0 Å². The molecule has 0 aromatic rings. The first-order chi connectivity index (χ1) is 3.77. The van der Waals surface area contributed by atoms with Gasteiger partial charge >= 0.3 is 0 Å². The highest BCUT2D eigenvalue weighted by atomic mass is 14.6. The largest absolute Gasteiger partial charge is 0.265 e. The van der Waals surface area contributed by atoms with E-state index in [4.69, 9.17) is 0 Å². The maximum atomic E-state index is 3.77. The van der Waals surface area contributed by atoms with E-state index >= 15 is 0 Å². The fourth-order valence-corrected chi connectivity index (χ4v) is 0.253. The average Bonchev–Trinajstić information content (AvgIpc) is 1.66. The second-order valence-corrected chi connectivity index (χ2v) is 1.72. The summed E-state index contributed by atoms with van der Waals surface area (Å²) < 4.78 is 0. The van der Waals surface area contributed by atoms with Crippen LogP contribution < -0.4 is 0 Å². The predicted molar refractivity (Wildman–Crippen MR) is 38.1 cm³/mol. The van der Waals surface area contributed by atoms with Crippen LogP contribution in [0.25, 0.3) is 0 Å². The molecule has 0 rings (SSSR count). The maximum absolute atomic E-state index is 3.77. The van der Waals surface area contributed by atoms with Gasteiger partial charge in [-0.05, 0) is 19.9 Å². The molecule has 0 aromatic heterocycles. The lowest BCUT2D eigenvalue weighted by atomic mass is 10.3. The van der Waals surface area contributed by atoms with E-state index in [0.29, 0.717) is 0 Å². The third-order valence-corrected chi connectivity index (χ3v) is 0.599. The van der Waals surface area contributed by atoms with Crippen LogP contribution >= 0.6 is 0 Å². The van der Waals surface area contributed by atoms with Crippen LogP contribution in [0.4, 0.5) is 0 Å². The molecule has 0 aliphatic rings. The Balaban J connectivity index is 3.57. The van der Waals surface area contributed by atoms with Crippen molar-refractivity contribution in [3.8, 4) is 0 Å². The number of allylic oxidation sites excluding steroid dienone is 2. The molecule has 0 spiro atoms. The van der Waals surface area contributed by atoms with Crippen LogP contribution in [0, 0.1) is 0 Å². The minimum Gasteiger partial charge on any atom is -0.265 e. The zero-order chi connectivity index (χ0) is 6.41. The molecule has 0 amide bonds. The molecule has 0 fully saturated rings. The summed E-state index contributed by atoms with van der Waals surface area (Å²) in [6, 6.07) is 0. The molecule has 0 atom stereocenters. The number of hydrogen-bond acceptors (Lipinski definition) is 1.